The van der Waals surface area contributed by atoms with Gasteiger partial charge in [-0.3, -0.25) is 9.69 Å². The highest BCUT2D eigenvalue weighted by molar-refractivity contribution is 7.16. The van der Waals surface area contributed by atoms with Crippen molar-refractivity contribution in [3.05, 3.63) is 76.0 Å². The molecule has 2 unspecified atom stereocenters. The van der Waals surface area contributed by atoms with Crippen molar-refractivity contribution in [2.24, 2.45) is 0 Å². The van der Waals surface area contributed by atoms with E-state index in [-0.39, 0.29) is 11.9 Å². The van der Waals surface area contributed by atoms with Crippen LogP contribution in [-0.4, -0.2) is 21.3 Å². The molecule has 4 nitrogen and oxygen atoms in total. The molecule has 5 rings (SSSR count). The lowest BCUT2D eigenvalue weighted by molar-refractivity contribution is -0.123. The Bertz CT molecular complexity index is 1210. The third-order valence-corrected chi connectivity index (χ3v) is 7.35. The minimum absolute atomic E-state index is 0.109. The molecule has 1 fully saturated rings. The van der Waals surface area contributed by atoms with Gasteiger partial charge in [0.05, 0.1) is 11.7 Å². The molecule has 2 aromatic carbocycles. The Morgan fingerprint density at radius 2 is 1.50 bits per heavy atom. The third-order valence-electron chi connectivity index (χ3n) is 5.22. The molecule has 0 aliphatic carbocycles. The fraction of sp³-hybridized carbons (Fsp3) is 0.174. The number of halogens is 1. The topological polar surface area (TPSA) is 46.1 Å². The monoisotopic (exact) mass is 451 g/mol. The maximum atomic E-state index is 12.5. The van der Waals surface area contributed by atoms with Gasteiger partial charge in [-0.05, 0) is 19.4 Å². The average Bonchev–Trinajstić information content (AvgIpc) is 3.42. The number of nitrogens with zero attached hydrogens (tertiary/aromatic N) is 3. The van der Waals surface area contributed by atoms with Crippen molar-refractivity contribution in [1.82, 2.24) is 9.97 Å². The molecule has 0 spiro atoms. The summed E-state index contributed by atoms with van der Waals surface area (Å²) in [5, 5.41) is 4.93. The molecule has 2 aromatic heterocycles. The second-order valence-electron chi connectivity index (χ2n) is 7.38. The minimum Gasteiger partial charge on any atom is -0.277 e. The average molecular weight is 452 g/mol. The van der Waals surface area contributed by atoms with E-state index in [2.05, 4.69) is 31.2 Å². The van der Waals surface area contributed by atoms with Crippen LogP contribution in [0.2, 0.25) is 0 Å². The van der Waals surface area contributed by atoms with Gasteiger partial charge in [-0.25, -0.2) is 9.97 Å². The van der Waals surface area contributed by atoms with Gasteiger partial charge in [-0.1, -0.05) is 59.7 Å². The Labute approximate surface area is 187 Å². The van der Waals surface area contributed by atoms with Gasteiger partial charge in [-0.2, -0.15) is 0 Å². The van der Waals surface area contributed by atoms with Crippen LogP contribution in [0.5, 0.6) is 0 Å². The number of anilines is 1. The largest absolute Gasteiger partial charge is 0.277 e. The predicted molar refractivity (Wildman–Crippen MR) is 124 cm³/mol. The van der Waals surface area contributed by atoms with Crippen LogP contribution >= 0.6 is 34.3 Å². The van der Waals surface area contributed by atoms with Gasteiger partial charge in [0.25, 0.3) is 0 Å². The van der Waals surface area contributed by atoms with Crippen molar-refractivity contribution in [3.63, 3.8) is 0 Å². The number of carbonyl (C=O) groups excluding carboxylic acids is 1. The van der Waals surface area contributed by atoms with E-state index in [9.17, 15) is 4.79 Å². The molecule has 1 aliphatic heterocycles. The summed E-state index contributed by atoms with van der Waals surface area (Å²) >= 11 is 9.37. The molecule has 7 heteroatoms. The Morgan fingerprint density at radius 1 is 0.867 bits per heavy atom. The molecule has 1 saturated heterocycles. The summed E-state index contributed by atoms with van der Waals surface area (Å²) in [4.78, 5) is 23.7. The molecule has 0 N–H and O–H groups in total. The van der Waals surface area contributed by atoms with Crippen molar-refractivity contribution in [2.75, 3.05) is 4.90 Å². The van der Waals surface area contributed by atoms with Crippen LogP contribution in [0, 0.1) is 13.8 Å². The fourth-order valence-corrected chi connectivity index (χ4v) is 5.55. The molecule has 4 aromatic rings. The van der Waals surface area contributed by atoms with E-state index in [4.69, 9.17) is 21.6 Å². The third kappa shape index (κ3) is 3.35. The Balaban J connectivity index is 1.42. The minimum atomic E-state index is -0.562. The van der Waals surface area contributed by atoms with E-state index >= 15 is 0 Å². The van der Waals surface area contributed by atoms with E-state index < -0.39 is 5.38 Å². The number of hydrogen-bond donors (Lipinski definition) is 0. The standard InChI is InChI=1S/C23H18ClN3OS2/c1-13-3-7-15(8-4-13)17-11-29-21(25-17)18-12-30-23(26-18)27-20(19(24)22(27)28)16-9-5-14(2)6-10-16/h3-12,19-20H,1-2H3. The normalized spacial score (nSPS) is 18.5. The van der Waals surface area contributed by atoms with E-state index in [0.29, 0.717) is 5.13 Å². The number of hydrogen-bond acceptors (Lipinski definition) is 5. The lowest BCUT2D eigenvalue weighted by Crippen LogP contribution is -2.56. The molecular weight excluding hydrogens is 434 g/mol. The quantitative estimate of drug-likeness (QED) is 0.272. The number of thiazole rings is 2. The summed E-state index contributed by atoms with van der Waals surface area (Å²) in [6.07, 6.45) is 0. The van der Waals surface area contributed by atoms with Crippen LogP contribution in [0.25, 0.3) is 22.0 Å². The van der Waals surface area contributed by atoms with Crippen LogP contribution in [-0.2, 0) is 4.79 Å². The molecule has 0 bridgehead atoms. The van der Waals surface area contributed by atoms with Gasteiger partial charge >= 0.3 is 0 Å². The first-order valence-electron chi connectivity index (χ1n) is 9.53. The van der Waals surface area contributed by atoms with Crippen LogP contribution in [0.15, 0.2) is 59.3 Å². The smallest absolute Gasteiger partial charge is 0.249 e. The predicted octanol–water partition coefficient (Wildman–Crippen LogP) is 6.25. The summed E-state index contributed by atoms with van der Waals surface area (Å²) in [6, 6.07) is 16.2. The van der Waals surface area contributed by atoms with Crippen molar-refractivity contribution in [1.29, 1.82) is 0 Å². The number of aryl methyl sites for hydroxylation is 2. The van der Waals surface area contributed by atoms with E-state index in [1.54, 1.807) is 16.2 Å². The molecule has 0 saturated carbocycles. The fourth-order valence-electron chi connectivity index (χ4n) is 3.47. The Kier molecular flexibility index (Phi) is 4.93. The summed E-state index contributed by atoms with van der Waals surface area (Å²) < 4.78 is 0. The first-order chi connectivity index (χ1) is 14.5. The van der Waals surface area contributed by atoms with Gasteiger partial charge in [0.15, 0.2) is 5.13 Å². The molecule has 0 radical (unpaired) electrons. The van der Waals surface area contributed by atoms with Gasteiger partial charge in [0.2, 0.25) is 5.91 Å². The van der Waals surface area contributed by atoms with Crippen molar-refractivity contribution < 1.29 is 4.79 Å². The maximum absolute atomic E-state index is 12.5. The molecule has 2 atom stereocenters. The van der Waals surface area contributed by atoms with Crippen LogP contribution in [0.4, 0.5) is 5.13 Å². The maximum Gasteiger partial charge on any atom is 0.249 e. The zero-order valence-electron chi connectivity index (χ0n) is 16.4. The first-order valence-corrected chi connectivity index (χ1v) is 11.7. The molecular formula is C23H18ClN3OS2. The summed E-state index contributed by atoms with van der Waals surface area (Å²) in [5.74, 6) is -0.109. The number of amides is 1. The van der Waals surface area contributed by atoms with Gasteiger partial charge in [0, 0.05) is 16.3 Å². The highest BCUT2D eigenvalue weighted by atomic mass is 35.5. The molecule has 150 valence electrons. The zero-order chi connectivity index (χ0) is 20.8. The molecule has 1 aliphatic rings. The number of carbonyl (C=O) groups is 1. The Hall–Kier alpha value is -2.54. The van der Waals surface area contributed by atoms with Gasteiger partial charge in [-0.15, -0.1) is 34.3 Å². The molecule has 3 heterocycles. The first kappa shape index (κ1) is 19.4. The van der Waals surface area contributed by atoms with Gasteiger partial charge < -0.3 is 0 Å². The lowest BCUT2D eigenvalue weighted by Gasteiger charge is -2.42. The molecule has 30 heavy (non-hydrogen) atoms. The summed E-state index contributed by atoms with van der Waals surface area (Å²) in [6.45, 7) is 4.11. The second kappa shape index (κ2) is 7.61. The van der Waals surface area contributed by atoms with Crippen molar-refractivity contribution in [2.45, 2.75) is 25.3 Å². The number of aromatic nitrogens is 2. The number of rotatable bonds is 4. The number of β-lactam (4-membered cyclic amide) rings is 1. The SMILES string of the molecule is Cc1ccc(-c2csc(-c3csc(N4C(=O)C(Cl)C4c4ccc(C)cc4)n3)n2)cc1. The Morgan fingerprint density at radius 3 is 2.20 bits per heavy atom. The number of benzene rings is 2. The number of alkyl halides is 1. The lowest BCUT2D eigenvalue weighted by atomic mass is 9.93. The summed E-state index contributed by atoms with van der Waals surface area (Å²) in [7, 11) is 0. The van der Waals surface area contributed by atoms with Gasteiger partial charge in [0.1, 0.15) is 16.1 Å². The van der Waals surface area contributed by atoms with E-state index in [1.807, 2.05) is 41.9 Å². The van der Waals surface area contributed by atoms with Crippen LogP contribution < -0.4 is 4.90 Å². The zero-order valence-corrected chi connectivity index (χ0v) is 18.8. The van der Waals surface area contributed by atoms with Crippen molar-refractivity contribution >= 4 is 45.3 Å². The molecule has 1 amide bonds. The highest BCUT2D eigenvalue weighted by Gasteiger charge is 2.49. The highest BCUT2D eigenvalue weighted by Crippen LogP contribution is 2.44. The van der Waals surface area contributed by atoms with Crippen LogP contribution in [0.1, 0.15) is 22.7 Å². The van der Waals surface area contributed by atoms with E-state index in [1.165, 1.54) is 22.5 Å². The van der Waals surface area contributed by atoms with Crippen molar-refractivity contribution in [3.8, 4) is 22.0 Å². The van der Waals surface area contributed by atoms with E-state index in [0.717, 1.165) is 27.5 Å². The second-order valence-corrected chi connectivity index (χ2v) is 9.55. The van der Waals surface area contributed by atoms with Crippen LogP contribution in [0.3, 0.4) is 0 Å². The summed E-state index contributed by atoms with van der Waals surface area (Å²) in [5.41, 5.74) is 6.22.